The first-order valence-corrected chi connectivity index (χ1v) is 7.39. The Morgan fingerprint density at radius 2 is 1.45 bits per heavy atom. The molecule has 0 saturated heterocycles. The normalized spacial score (nSPS) is 12.2. The van der Waals surface area contributed by atoms with Crippen molar-refractivity contribution in [3.05, 3.63) is 71.8 Å². The van der Waals surface area contributed by atoms with Crippen molar-refractivity contribution in [3.8, 4) is 0 Å². The molecule has 0 heterocycles. The van der Waals surface area contributed by atoms with E-state index in [1.165, 1.54) is 11.1 Å². The molecule has 0 saturated carbocycles. The first-order chi connectivity index (χ1) is 9.84. The lowest BCUT2D eigenvalue weighted by Gasteiger charge is -2.12. The van der Waals surface area contributed by atoms with E-state index in [4.69, 9.17) is 5.73 Å². The number of hydrogen-bond donors (Lipinski definition) is 2. The third kappa shape index (κ3) is 5.55. The Labute approximate surface area is 122 Å². The fourth-order valence-electron chi connectivity index (χ4n) is 2.34. The fraction of sp³-hybridized carbons (Fsp3) is 0.333. The number of nitrogens with two attached hydrogens (primary N) is 1. The van der Waals surface area contributed by atoms with Gasteiger partial charge < -0.3 is 11.1 Å². The Bertz CT molecular complexity index is 467. The molecule has 0 aliphatic rings. The van der Waals surface area contributed by atoms with Crippen molar-refractivity contribution in [1.29, 1.82) is 0 Å². The predicted octanol–water partition coefficient (Wildman–Crippen LogP) is 3.13. The van der Waals surface area contributed by atoms with Crippen LogP contribution in [0.1, 0.15) is 24.0 Å². The van der Waals surface area contributed by atoms with Gasteiger partial charge in [-0.3, -0.25) is 0 Å². The Balaban J connectivity index is 1.57. The lowest BCUT2D eigenvalue weighted by molar-refractivity contribution is 0.547. The molecule has 0 aliphatic carbocycles. The summed E-state index contributed by atoms with van der Waals surface area (Å²) >= 11 is 0. The quantitative estimate of drug-likeness (QED) is 0.722. The summed E-state index contributed by atoms with van der Waals surface area (Å²) in [5.41, 5.74) is 8.84. The monoisotopic (exact) mass is 268 g/mol. The van der Waals surface area contributed by atoms with Gasteiger partial charge >= 0.3 is 0 Å². The average molecular weight is 268 g/mol. The lowest BCUT2D eigenvalue weighted by Crippen LogP contribution is -2.25. The average Bonchev–Trinajstić information content (AvgIpc) is 2.49. The molecular weight excluding hydrogens is 244 g/mol. The van der Waals surface area contributed by atoms with E-state index in [1.807, 2.05) is 12.1 Å². The van der Waals surface area contributed by atoms with Gasteiger partial charge in [0.1, 0.15) is 0 Å². The van der Waals surface area contributed by atoms with Crippen LogP contribution >= 0.6 is 0 Å². The molecule has 2 heteroatoms. The molecule has 0 aromatic heterocycles. The fourth-order valence-corrected chi connectivity index (χ4v) is 2.34. The summed E-state index contributed by atoms with van der Waals surface area (Å²) in [6.45, 7) is 1.96. The van der Waals surface area contributed by atoms with E-state index in [-0.39, 0.29) is 6.04 Å². The largest absolute Gasteiger partial charge is 0.327 e. The second-order valence-electron chi connectivity index (χ2n) is 5.25. The molecule has 2 aromatic carbocycles. The van der Waals surface area contributed by atoms with Gasteiger partial charge in [0.2, 0.25) is 0 Å². The van der Waals surface area contributed by atoms with Gasteiger partial charge in [0.25, 0.3) is 0 Å². The smallest absolute Gasteiger partial charge is 0.0205 e. The molecule has 1 atom stereocenters. The van der Waals surface area contributed by atoms with Crippen LogP contribution in [0.3, 0.4) is 0 Å². The molecule has 2 rings (SSSR count). The zero-order valence-electron chi connectivity index (χ0n) is 12.0. The standard InChI is InChI=1S/C18H24N2/c19-18(14-16-8-3-1-4-9-16)12-7-13-20-15-17-10-5-2-6-11-17/h1-6,8-11,18,20H,7,12-15,19H2. The molecule has 2 nitrogen and oxygen atoms in total. The maximum absolute atomic E-state index is 6.17. The summed E-state index contributed by atoms with van der Waals surface area (Å²) in [5.74, 6) is 0. The van der Waals surface area contributed by atoms with Crippen molar-refractivity contribution in [2.75, 3.05) is 6.54 Å². The molecular formula is C18H24N2. The summed E-state index contributed by atoms with van der Waals surface area (Å²) in [4.78, 5) is 0. The van der Waals surface area contributed by atoms with Gasteiger partial charge in [-0.15, -0.1) is 0 Å². The van der Waals surface area contributed by atoms with E-state index in [1.54, 1.807) is 0 Å². The van der Waals surface area contributed by atoms with Crippen LogP contribution in [0.15, 0.2) is 60.7 Å². The Morgan fingerprint density at radius 3 is 2.10 bits per heavy atom. The molecule has 1 unspecified atom stereocenters. The lowest BCUT2D eigenvalue weighted by atomic mass is 10.0. The Kier molecular flexibility index (Phi) is 6.28. The number of rotatable bonds is 8. The third-order valence-corrected chi connectivity index (χ3v) is 3.44. The van der Waals surface area contributed by atoms with Crippen molar-refractivity contribution in [3.63, 3.8) is 0 Å². The Morgan fingerprint density at radius 1 is 0.850 bits per heavy atom. The topological polar surface area (TPSA) is 38.0 Å². The summed E-state index contributed by atoms with van der Waals surface area (Å²) in [5, 5.41) is 3.47. The van der Waals surface area contributed by atoms with Crippen LogP contribution in [0.25, 0.3) is 0 Å². The van der Waals surface area contributed by atoms with Gasteiger partial charge in [0.15, 0.2) is 0 Å². The molecule has 0 fully saturated rings. The molecule has 106 valence electrons. The minimum atomic E-state index is 0.260. The van der Waals surface area contributed by atoms with Crippen LogP contribution in [-0.4, -0.2) is 12.6 Å². The Hall–Kier alpha value is -1.64. The second-order valence-corrected chi connectivity index (χ2v) is 5.25. The van der Waals surface area contributed by atoms with E-state index in [0.717, 1.165) is 32.4 Å². The van der Waals surface area contributed by atoms with Crippen LogP contribution in [0, 0.1) is 0 Å². The number of nitrogens with one attached hydrogen (secondary N) is 1. The van der Waals surface area contributed by atoms with Crippen molar-refractivity contribution < 1.29 is 0 Å². The molecule has 3 N–H and O–H groups in total. The third-order valence-electron chi connectivity index (χ3n) is 3.44. The number of hydrogen-bond acceptors (Lipinski definition) is 2. The SMILES string of the molecule is NC(CCCNCc1ccccc1)Cc1ccccc1. The van der Waals surface area contributed by atoms with Crippen molar-refractivity contribution in [2.45, 2.75) is 31.8 Å². The summed E-state index contributed by atoms with van der Waals surface area (Å²) < 4.78 is 0. The highest BCUT2D eigenvalue weighted by Gasteiger charge is 2.03. The van der Waals surface area contributed by atoms with Crippen LogP contribution in [0.2, 0.25) is 0 Å². The molecule has 0 spiro atoms. The molecule has 0 aliphatic heterocycles. The first-order valence-electron chi connectivity index (χ1n) is 7.39. The van der Waals surface area contributed by atoms with Gasteiger partial charge in [-0.05, 0) is 36.9 Å². The van der Waals surface area contributed by atoms with E-state index in [0.29, 0.717) is 0 Å². The number of benzene rings is 2. The van der Waals surface area contributed by atoms with E-state index in [9.17, 15) is 0 Å². The van der Waals surface area contributed by atoms with Crippen molar-refractivity contribution in [2.24, 2.45) is 5.73 Å². The highest BCUT2D eigenvalue weighted by Crippen LogP contribution is 2.05. The van der Waals surface area contributed by atoms with Gasteiger partial charge in [-0.1, -0.05) is 60.7 Å². The van der Waals surface area contributed by atoms with Crippen LogP contribution in [-0.2, 0) is 13.0 Å². The van der Waals surface area contributed by atoms with E-state index in [2.05, 4.69) is 53.8 Å². The van der Waals surface area contributed by atoms with Gasteiger partial charge in [0.05, 0.1) is 0 Å². The van der Waals surface area contributed by atoms with E-state index < -0.39 is 0 Å². The minimum Gasteiger partial charge on any atom is -0.327 e. The minimum absolute atomic E-state index is 0.260. The van der Waals surface area contributed by atoms with E-state index >= 15 is 0 Å². The molecule has 0 bridgehead atoms. The van der Waals surface area contributed by atoms with Crippen molar-refractivity contribution in [1.82, 2.24) is 5.32 Å². The van der Waals surface area contributed by atoms with Crippen LogP contribution in [0.5, 0.6) is 0 Å². The highest BCUT2D eigenvalue weighted by molar-refractivity contribution is 5.16. The molecule has 20 heavy (non-hydrogen) atoms. The van der Waals surface area contributed by atoms with Gasteiger partial charge in [-0.2, -0.15) is 0 Å². The van der Waals surface area contributed by atoms with Crippen LogP contribution in [0.4, 0.5) is 0 Å². The molecule has 0 amide bonds. The van der Waals surface area contributed by atoms with Crippen LogP contribution < -0.4 is 11.1 Å². The summed E-state index contributed by atoms with van der Waals surface area (Å²) in [6, 6.07) is 21.2. The molecule has 0 radical (unpaired) electrons. The maximum Gasteiger partial charge on any atom is 0.0205 e. The van der Waals surface area contributed by atoms with Gasteiger partial charge in [-0.25, -0.2) is 0 Å². The zero-order chi connectivity index (χ0) is 14.0. The van der Waals surface area contributed by atoms with Crippen molar-refractivity contribution >= 4 is 0 Å². The predicted molar refractivity (Wildman–Crippen MR) is 85.5 cm³/mol. The first kappa shape index (κ1) is 14.8. The summed E-state index contributed by atoms with van der Waals surface area (Å²) in [7, 11) is 0. The maximum atomic E-state index is 6.17. The second kappa shape index (κ2) is 8.51. The van der Waals surface area contributed by atoms with Gasteiger partial charge in [0, 0.05) is 12.6 Å². The zero-order valence-corrected chi connectivity index (χ0v) is 12.0. The summed E-state index contributed by atoms with van der Waals surface area (Å²) in [6.07, 6.45) is 3.16. The highest BCUT2D eigenvalue weighted by atomic mass is 14.8. The molecule has 2 aromatic rings.